The number of hydrogen-bond acceptors (Lipinski definition) is 4. The Balaban J connectivity index is 1.74. The summed E-state index contributed by atoms with van der Waals surface area (Å²) in [6.45, 7) is 0.731. The summed E-state index contributed by atoms with van der Waals surface area (Å²) in [5, 5.41) is 10.5. The normalized spacial score (nSPS) is 11.3. The Bertz CT molecular complexity index is 916. The monoisotopic (exact) mass is 346 g/mol. The smallest absolute Gasteiger partial charge is 0.0991 e. The minimum absolute atomic E-state index is 0.653. The maximum atomic E-state index is 8.88. The molecule has 0 spiro atoms. The van der Waals surface area contributed by atoms with Crippen molar-refractivity contribution in [2.75, 3.05) is 0 Å². The van der Waals surface area contributed by atoms with Gasteiger partial charge in [0.1, 0.15) is 0 Å². The van der Waals surface area contributed by atoms with Crippen LogP contribution in [0.2, 0.25) is 0 Å². The molecule has 5 heteroatoms. The summed E-state index contributed by atoms with van der Waals surface area (Å²) < 4.78 is 2.12. The molecule has 0 radical (unpaired) electrons. The quantitative estimate of drug-likeness (QED) is 0.694. The van der Waals surface area contributed by atoms with Gasteiger partial charge in [0.15, 0.2) is 0 Å². The molecule has 0 saturated heterocycles. The highest BCUT2D eigenvalue weighted by Crippen LogP contribution is 2.15. The van der Waals surface area contributed by atoms with E-state index in [1.807, 2.05) is 48.9 Å². The Kier molecular flexibility index (Phi) is 5.22. The van der Waals surface area contributed by atoms with E-state index in [1.54, 1.807) is 5.41 Å². The minimum Gasteiger partial charge on any atom is -0.398 e. The van der Waals surface area contributed by atoms with E-state index < -0.39 is 0 Å². The Morgan fingerprint density at radius 1 is 1.12 bits per heavy atom. The first-order valence-corrected chi connectivity index (χ1v) is 8.38. The summed E-state index contributed by atoms with van der Waals surface area (Å²) in [6.07, 6.45) is 4.52. The van der Waals surface area contributed by atoms with Crippen molar-refractivity contribution in [3.8, 4) is 6.07 Å². The maximum Gasteiger partial charge on any atom is 0.0991 e. The van der Waals surface area contributed by atoms with Gasteiger partial charge in [-0.25, -0.2) is 4.98 Å². The van der Waals surface area contributed by atoms with E-state index in [0.717, 1.165) is 29.8 Å². The molecular weight excluding hydrogens is 328 g/mol. The van der Waals surface area contributed by atoms with Crippen LogP contribution in [0.15, 0.2) is 66.5 Å². The van der Waals surface area contributed by atoms with E-state index in [2.05, 4.69) is 40.4 Å². The number of rotatable bonds is 5. The van der Waals surface area contributed by atoms with Crippen LogP contribution in [0.4, 0.5) is 0 Å². The number of nitrogens with two attached hydrogens (primary N) is 1. The van der Waals surface area contributed by atoms with Gasteiger partial charge in [0.05, 0.1) is 18.0 Å². The van der Waals surface area contributed by atoms with Crippen molar-refractivity contribution < 1.29 is 0 Å². The summed E-state index contributed by atoms with van der Waals surface area (Å²) in [4.78, 5) is 4.28. The predicted octanol–water partition coefficient (Wildman–Crippen LogP) is 3.58. The third kappa shape index (κ3) is 4.11. The molecule has 0 aliphatic rings. The number of nitriles is 1. The van der Waals surface area contributed by atoms with Gasteiger partial charge in [-0.05, 0) is 34.2 Å². The van der Waals surface area contributed by atoms with Crippen LogP contribution in [0.5, 0.6) is 0 Å². The molecule has 2 aromatic carbocycles. The van der Waals surface area contributed by atoms with Gasteiger partial charge in [-0.3, -0.25) is 0 Å². The van der Waals surface area contributed by atoms with E-state index in [-0.39, 0.29) is 0 Å². The SMILES string of the molecule is N#Cc1ccc(Cn2cncc2Cc2ccc(/C(N)=C/S)cc2)cc1. The van der Waals surface area contributed by atoms with Gasteiger partial charge in [-0.15, -0.1) is 12.6 Å². The number of nitrogens with zero attached hydrogens (tertiary/aromatic N) is 3. The molecule has 1 heterocycles. The summed E-state index contributed by atoms with van der Waals surface area (Å²) in [5.74, 6) is 0. The summed E-state index contributed by atoms with van der Waals surface area (Å²) in [6, 6.07) is 17.9. The maximum absolute atomic E-state index is 8.88. The molecule has 0 unspecified atom stereocenters. The van der Waals surface area contributed by atoms with Gasteiger partial charge in [-0.1, -0.05) is 36.4 Å². The predicted molar refractivity (Wildman–Crippen MR) is 103 cm³/mol. The molecule has 0 aliphatic carbocycles. The number of imidazole rings is 1. The molecule has 0 amide bonds. The van der Waals surface area contributed by atoms with Crippen molar-refractivity contribution in [2.45, 2.75) is 13.0 Å². The Morgan fingerprint density at radius 2 is 1.80 bits per heavy atom. The van der Waals surface area contributed by atoms with Crippen molar-refractivity contribution >= 4 is 18.3 Å². The molecule has 2 N–H and O–H groups in total. The molecule has 3 aromatic rings. The van der Waals surface area contributed by atoms with Crippen LogP contribution >= 0.6 is 12.6 Å². The molecule has 124 valence electrons. The van der Waals surface area contributed by atoms with Crippen molar-refractivity contribution in [1.29, 1.82) is 5.26 Å². The molecular formula is C20H18N4S. The van der Waals surface area contributed by atoms with Crippen LogP contribution in [0.3, 0.4) is 0 Å². The molecule has 1 aromatic heterocycles. The molecule has 0 aliphatic heterocycles. The van der Waals surface area contributed by atoms with Gasteiger partial charge in [0.2, 0.25) is 0 Å². The lowest BCUT2D eigenvalue weighted by atomic mass is 10.1. The van der Waals surface area contributed by atoms with Crippen molar-refractivity contribution in [2.24, 2.45) is 5.73 Å². The average Bonchev–Trinajstić information content (AvgIpc) is 3.09. The first-order chi connectivity index (χ1) is 12.2. The highest BCUT2D eigenvalue weighted by molar-refractivity contribution is 7.83. The molecule has 25 heavy (non-hydrogen) atoms. The second kappa shape index (κ2) is 7.73. The van der Waals surface area contributed by atoms with Crippen LogP contribution in [0.1, 0.15) is 27.9 Å². The lowest BCUT2D eigenvalue weighted by Crippen LogP contribution is -2.04. The summed E-state index contributed by atoms with van der Waals surface area (Å²) in [7, 11) is 0. The average molecular weight is 346 g/mol. The highest BCUT2D eigenvalue weighted by Gasteiger charge is 2.05. The van der Waals surface area contributed by atoms with Gasteiger partial charge < -0.3 is 10.3 Å². The number of benzene rings is 2. The fourth-order valence-electron chi connectivity index (χ4n) is 2.62. The van der Waals surface area contributed by atoms with Gasteiger partial charge >= 0.3 is 0 Å². The second-order valence-electron chi connectivity index (χ2n) is 5.78. The van der Waals surface area contributed by atoms with E-state index in [4.69, 9.17) is 11.0 Å². The van der Waals surface area contributed by atoms with Gasteiger partial charge in [0, 0.05) is 30.6 Å². The highest BCUT2D eigenvalue weighted by atomic mass is 32.1. The second-order valence-corrected chi connectivity index (χ2v) is 6.04. The van der Waals surface area contributed by atoms with Crippen molar-refractivity contribution in [3.63, 3.8) is 0 Å². The number of thiol groups is 1. The zero-order chi connectivity index (χ0) is 17.6. The van der Waals surface area contributed by atoms with Crippen LogP contribution in [-0.2, 0) is 13.0 Å². The molecule has 4 nitrogen and oxygen atoms in total. The lowest BCUT2D eigenvalue weighted by Gasteiger charge is -2.09. The van der Waals surface area contributed by atoms with E-state index in [1.165, 1.54) is 5.56 Å². The van der Waals surface area contributed by atoms with Crippen LogP contribution in [0, 0.1) is 11.3 Å². The lowest BCUT2D eigenvalue weighted by molar-refractivity contribution is 0.753. The van der Waals surface area contributed by atoms with Crippen LogP contribution in [0.25, 0.3) is 5.70 Å². The molecule has 0 fully saturated rings. The third-order valence-electron chi connectivity index (χ3n) is 4.05. The van der Waals surface area contributed by atoms with Gasteiger partial charge in [0.25, 0.3) is 0 Å². The first kappa shape index (κ1) is 16.9. The fourth-order valence-corrected chi connectivity index (χ4v) is 2.77. The van der Waals surface area contributed by atoms with E-state index in [9.17, 15) is 0 Å². The Hall–Kier alpha value is -2.97. The van der Waals surface area contributed by atoms with Crippen LogP contribution < -0.4 is 5.73 Å². The molecule has 0 bridgehead atoms. The zero-order valence-corrected chi connectivity index (χ0v) is 14.5. The van der Waals surface area contributed by atoms with Gasteiger partial charge in [-0.2, -0.15) is 5.26 Å². The Morgan fingerprint density at radius 3 is 2.44 bits per heavy atom. The fraction of sp³-hybridized carbons (Fsp3) is 0.100. The topological polar surface area (TPSA) is 67.6 Å². The molecule has 0 atom stereocenters. The number of aromatic nitrogens is 2. The number of hydrogen-bond donors (Lipinski definition) is 2. The van der Waals surface area contributed by atoms with Crippen molar-refractivity contribution in [1.82, 2.24) is 9.55 Å². The summed E-state index contributed by atoms with van der Waals surface area (Å²) in [5.41, 5.74) is 11.6. The van der Waals surface area contributed by atoms with Crippen molar-refractivity contribution in [3.05, 3.63) is 94.4 Å². The van der Waals surface area contributed by atoms with E-state index >= 15 is 0 Å². The zero-order valence-electron chi connectivity index (χ0n) is 13.6. The standard InChI is InChI=1S/C20H18N4S/c21-10-16-1-3-17(4-2-16)12-24-14-23-11-19(24)9-15-5-7-18(8-6-15)20(22)13-25/h1-8,11,13-14,25H,9,12,22H2/b20-13-. The Labute approximate surface area is 152 Å². The minimum atomic E-state index is 0.653. The third-order valence-corrected chi connectivity index (χ3v) is 4.32. The van der Waals surface area contributed by atoms with Crippen LogP contribution in [-0.4, -0.2) is 9.55 Å². The summed E-state index contributed by atoms with van der Waals surface area (Å²) >= 11 is 4.08. The largest absolute Gasteiger partial charge is 0.398 e. The van der Waals surface area contributed by atoms with E-state index in [0.29, 0.717) is 11.3 Å². The first-order valence-electron chi connectivity index (χ1n) is 7.87. The molecule has 3 rings (SSSR count). The molecule has 0 saturated carbocycles.